The Kier molecular flexibility index (Phi) is 2.74. The molecule has 0 aromatic carbocycles. The van der Waals surface area contributed by atoms with Crippen molar-refractivity contribution < 1.29 is 15.0 Å². The molecule has 1 aromatic rings. The van der Waals surface area contributed by atoms with E-state index < -0.39 is 18.1 Å². The van der Waals surface area contributed by atoms with Gasteiger partial charge in [0.05, 0.1) is 12.1 Å². The molecule has 0 aliphatic heterocycles. The van der Waals surface area contributed by atoms with E-state index in [1.54, 1.807) is 0 Å². The van der Waals surface area contributed by atoms with Crippen molar-refractivity contribution in [1.82, 2.24) is 9.78 Å². The van der Waals surface area contributed by atoms with Crippen molar-refractivity contribution in [2.75, 3.05) is 0 Å². The molecule has 0 bridgehead atoms. The smallest absolute Gasteiger partial charge is 0.356 e. The molecule has 0 spiro atoms. The van der Waals surface area contributed by atoms with E-state index in [-0.39, 0.29) is 11.3 Å². The number of aliphatic hydroxyl groups excluding tert-OH is 1. The van der Waals surface area contributed by atoms with Gasteiger partial charge < -0.3 is 10.2 Å². The molecule has 1 heterocycles. The van der Waals surface area contributed by atoms with Crippen LogP contribution in [0.15, 0.2) is 16.9 Å². The number of carboxylic acid groups (broad SMARTS) is 1. The van der Waals surface area contributed by atoms with Gasteiger partial charge in [0.15, 0.2) is 5.69 Å². The van der Waals surface area contributed by atoms with Crippen LogP contribution in [0, 0.1) is 0 Å². The predicted octanol–water partition coefficient (Wildman–Crippen LogP) is 0.0274. The Bertz CT molecular complexity index is 468. The number of nitrogens with zero attached hydrogens (tertiary/aromatic N) is 2. The number of carboxylic acids is 1. The van der Waals surface area contributed by atoms with Crippen LogP contribution < -0.4 is 5.56 Å². The third-order valence-corrected chi connectivity index (χ3v) is 2.80. The molecule has 2 atom stereocenters. The molecule has 1 fully saturated rings. The lowest BCUT2D eigenvalue weighted by Gasteiger charge is -2.16. The fourth-order valence-electron chi connectivity index (χ4n) is 1.98. The number of hydrogen-bond acceptors (Lipinski definition) is 4. The maximum absolute atomic E-state index is 11.5. The van der Waals surface area contributed by atoms with Crippen LogP contribution in [0.1, 0.15) is 35.8 Å². The molecule has 6 heteroatoms. The Labute approximate surface area is 91.1 Å². The summed E-state index contributed by atoms with van der Waals surface area (Å²) >= 11 is 0. The second-order valence-electron chi connectivity index (χ2n) is 3.87. The maximum atomic E-state index is 11.5. The molecule has 86 valence electrons. The molecule has 16 heavy (non-hydrogen) atoms. The van der Waals surface area contributed by atoms with Gasteiger partial charge in [0.25, 0.3) is 5.56 Å². The zero-order valence-corrected chi connectivity index (χ0v) is 8.54. The van der Waals surface area contributed by atoms with E-state index in [0.29, 0.717) is 12.8 Å². The Hall–Kier alpha value is -1.69. The Morgan fingerprint density at radius 1 is 1.44 bits per heavy atom. The lowest BCUT2D eigenvalue weighted by atomic mass is 10.2. The summed E-state index contributed by atoms with van der Waals surface area (Å²) < 4.78 is 1.08. The van der Waals surface area contributed by atoms with Gasteiger partial charge in [0, 0.05) is 6.07 Å². The monoisotopic (exact) mass is 224 g/mol. The largest absolute Gasteiger partial charge is 0.476 e. The highest BCUT2D eigenvalue weighted by atomic mass is 16.4. The highest BCUT2D eigenvalue weighted by Crippen LogP contribution is 2.28. The standard InChI is InChI=1S/C10H12N2O4/c13-8-3-1-2-7(8)12-9(14)5-4-6(11-12)10(15)16/h4-5,7-8,13H,1-3H2,(H,15,16). The van der Waals surface area contributed by atoms with Gasteiger partial charge >= 0.3 is 5.97 Å². The molecule has 1 aliphatic carbocycles. The molecule has 0 amide bonds. The molecule has 2 unspecified atom stereocenters. The third-order valence-electron chi connectivity index (χ3n) is 2.80. The summed E-state index contributed by atoms with van der Waals surface area (Å²) in [6.07, 6.45) is 1.47. The van der Waals surface area contributed by atoms with Gasteiger partial charge in [-0.25, -0.2) is 9.48 Å². The molecular formula is C10H12N2O4. The molecule has 0 radical (unpaired) electrons. The molecule has 1 aromatic heterocycles. The van der Waals surface area contributed by atoms with E-state index in [1.165, 1.54) is 12.1 Å². The molecule has 6 nitrogen and oxygen atoms in total. The topological polar surface area (TPSA) is 92.4 Å². The molecule has 2 N–H and O–H groups in total. The van der Waals surface area contributed by atoms with Crippen molar-refractivity contribution >= 4 is 5.97 Å². The SMILES string of the molecule is O=C(O)c1ccc(=O)n(C2CCCC2O)n1. The first-order valence-corrected chi connectivity index (χ1v) is 5.11. The van der Waals surface area contributed by atoms with Crippen LogP contribution in [-0.2, 0) is 0 Å². The number of carbonyl (C=O) groups is 1. The fourth-order valence-corrected chi connectivity index (χ4v) is 1.98. The van der Waals surface area contributed by atoms with Crippen molar-refractivity contribution in [2.24, 2.45) is 0 Å². The molecule has 0 saturated heterocycles. The summed E-state index contributed by atoms with van der Waals surface area (Å²) in [6.45, 7) is 0. The predicted molar refractivity (Wildman–Crippen MR) is 54.4 cm³/mol. The molecule has 1 saturated carbocycles. The number of aliphatic hydroxyl groups is 1. The second kappa shape index (κ2) is 4.05. The Morgan fingerprint density at radius 2 is 2.19 bits per heavy atom. The number of aromatic nitrogens is 2. The van der Waals surface area contributed by atoms with Gasteiger partial charge in [-0.1, -0.05) is 0 Å². The zero-order chi connectivity index (χ0) is 11.7. The van der Waals surface area contributed by atoms with Crippen LogP contribution in [0.5, 0.6) is 0 Å². The minimum atomic E-state index is -1.18. The first-order chi connectivity index (χ1) is 7.59. The van der Waals surface area contributed by atoms with Crippen molar-refractivity contribution in [3.05, 3.63) is 28.2 Å². The fraction of sp³-hybridized carbons (Fsp3) is 0.500. The summed E-state index contributed by atoms with van der Waals surface area (Å²) in [7, 11) is 0. The molecule has 1 aliphatic rings. The van der Waals surface area contributed by atoms with Crippen LogP contribution in [0.4, 0.5) is 0 Å². The van der Waals surface area contributed by atoms with E-state index in [0.717, 1.165) is 11.1 Å². The normalized spacial score (nSPS) is 24.6. The van der Waals surface area contributed by atoms with Gasteiger partial charge in [0.1, 0.15) is 0 Å². The van der Waals surface area contributed by atoms with E-state index >= 15 is 0 Å². The van der Waals surface area contributed by atoms with Gasteiger partial charge in [-0.2, -0.15) is 5.10 Å². The minimum Gasteiger partial charge on any atom is -0.476 e. The lowest BCUT2D eigenvalue weighted by molar-refractivity contribution is 0.0682. The van der Waals surface area contributed by atoms with Gasteiger partial charge in [-0.15, -0.1) is 0 Å². The Balaban J connectivity index is 2.43. The van der Waals surface area contributed by atoms with E-state index in [4.69, 9.17) is 5.11 Å². The van der Waals surface area contributed by atoms with Crippen molar-refractivity contribution in [3.8, 4) is 0 Å². The molecule has 2 rings (SSSR count). The van der Waals surface area contributed by atoms with Crippen molar-refractivity contribution in [2.45, 2.75) is 31.4 Å². The van der Waals surface area contributed by atoms with Crippen LogP contribution in [-0.4, -0.2) is 32.1 Å². The van der Waals surface area contributed by atoms with Gasteiger partial charge in [-0.3, -0.25) is 4.79 Å². The summed E-state index contributed by atoms with van der Waals surface area (Å²) in [5.41, 5.74) is -0.561. The summed E-state index contributed by atoms with van der Waals surface area (Å²) in [5.74, 6) is -1.18. The lowest BCUT2D eigenvalue weighted by Crippen LogP contribution is -2.32. The molecular weight excluding hydrogens is 212 g/mol. The zero-order valence-electron chi connectivity index (χ0n) is 8.54. The first kappa shape index (κ1) is 10.8. The maximum Gasteiger partial charge on any atom is 0.356 e. The number of aromatic carboxylic acids is 1. The van der Waals surface area contributed by atoms with E-state index in [2.05, 4.69) is 5.10 Å². The Morgan fingerprint density at radius 3 is 2.75 bits per heavy atom. The van der Waals surface area contributed by atoms with Crippen LogP contribution in [0.2, 0.25) is 0 Å². The van der Waals surface area contributed by atoms with Gasteiger partial charge in [-0.05, 0) is 25.3 Å². The third kappa shape index (κ3) is 1.83. The quantitative estimate of drug-likeness (QED) is 0.739. The second-order valence-corrected chi connectivity index (χ2v) is 3.87. The van der Waals surface area contributed by atoms with Gasteiger partial charge in [0.2, 0.25) is 0 Å². The highest BCUT2D eigenvalue weighted by Gasteiger charge is 2.28. The first-order valence-electron chi connectivity index (χ1n) is 5.11. The average molecular weight is 224 g/mol. The van der Waals surface area contributed by atoms with Crippen molar-refractivity contribution in [3.63, 3.8) is 0 Å². The van der Waals surface area contributed by atoms with Crippen molar-refractivity contribution in [1.29, 1.82) is 0 Å². The van der Waals surface area contributed by atoms with E-state index in [1.807, 2.05) is 0 Å². The highest BCUT2D eigenvalue weighted by molar-refractivity contribution is 5.84. The van der Waals surface area contributed by atoms with Crippen LogP contribution >= 0.6 is 0 Å². The summed E-state index contributed by atoms with van der Waals surface area (Å²) in [5, 5.41) is 22.2. The van der Waals surface area contributed by atoms with E-state index in [9.17, 15) is 14.7 Å². The summed E-state index contributed by atoms with van der Waals surface area (Å²) in [4.78, 5) is 22.2. The van der Waals surface area contributed by atoms with Crippen LogP contribution in [0.25, 0.3) is 0 Å². The number of rotatable bonds is 2. The summed E-state index contributed by atoms with van der Waals surface area (Å²) in [6, 6.07) is 1.94. The number of hydrogen-bond donors (Lipinski definition) is 2. The average Bonchev–Trinajstić information content (AvgIpc) is 2.65. The minimum absolute atomic E-state index is 0.182. The van der Waals surface area contributed by atoms with Crippen LogP contribution in [0.3, 0.4) is 0 Å².